The Balaban J connectivity index is 2.49. The lowest BCUT2D eigenvalue weighted by atomic mass is 9.97. The molecule has 0 aromatic heterocycles. The molecule has 17 heavy (non-hydrogen) atoms. The molecule has 1 rings (SSSR count). The first-order chi connectivity index (χ1) is 7.95. The first-order valence-corrected chi connectivity index (χ1v) is 6.66. The van der Waals surface area contributed by atoms with Gasteiger partial charge in [0.25, 0.3) is 0 Å². The van der Waals surface area contributed by atoms with Crippen LogP contribution in [0, 0.1) is 5.92 Å². The molecule has 0 bridgehead atoms. The number of hydrogen-bond donors (Lipinski definition) is 2. The number of nitrogens with zero attached hydrogens (tertiary/aromatic N) is 1. The third-order valence-corrected chi connectivity index (χ3v) is 3.91. The lowest BCUT2D eigenvalue weighted by molar-refractivity contribution is -0.124. The lowest BCUT2D eigenvalue weighted by Gasteiger charge is -2.35. The van der Waals surface area contributed by atoms with Gasteiger partial charge >= 0.3 is 0 Å². The summed E-state index contributed by atoms with van der Waals surface area (Å²) in [5, 5.41) is 3.07. The van der Waals surface area contributed by atoms with E-state index in [9.17, 15) is 4.79 Å². The van der Waals surface area contributed by atoms with Crippen LogP contribution in [0.25, 0.3) is 0 Å². The highest BCUT2D eigenvalue weighted by Crippen LogP contribution is 2.16. The third kappa shape index (κ3) is 3.92. The maximum Gasteiger partial charge on any atom is 0.230 e. The maximum absolute atomic E-state index is 12.0. The van der Waals surface area contributed by atoms with E-state index >= 15 is 0 Å². The van der Waals surface area contributed by atoms with Gasteiger partial charge in [-0.3, -0.25) is 4.79 Å². The van der Waals surface area contributed by atoms with E-state index in [1.165, 1.54) is 0 Å². The fraction of sp³-hybridized carbons (Fsp3) is 0.833. The van der Waals surface area contributed by atoms with Gasteiger partial charge in [-0.1, -0.05) is 19.1 Å². The molecule has 3 atom stereocenters. The molecule has 1 aliphatic rings. The van der Waals surface area contributed by atoms with Gasteiger partial charge in [-0.2, -0.15) is 0 Å². The van der Waals surface area contributed by atoms with E-state index in [2.05, 4.69) is 24.2 Å². The molecule has 5 heteroatoms. The standard InChI is InChI=1S/C12H23N3OS/c1-4-10(11(13)17)12(16)14-9-5-6-15(3)8(2)7-9/h8-10H,4-7H2,1-3H3,(H2,13,17)(H,14,16). The molecule has 3 unspecified atom stereocenters. The van der Waals surface area contributed by atoms with Crippen molar-refractivity contribution < 1.29 is 4.79 Å². The van der Waals surface area contributed by atoms with Crippen LogP contribution in [0.4, 0.5) is 0 Å². The molecule has 98 valence electrons. The summed E-state index contributed by atoms with van der Waals surface area (Å²) < 4.78 is 0. The van der Waals surface area contributed by atoms with Crippen molar-refractivity contribution >= 4 is 23.1 Å². The lowest BCUT2D eigenvalue weighted by Crippen LogP contribution is -2.49. The van der Waals surface area contributed by atoms with Gasteiger partial charge in [0.15, 0.2) is 0 Å². The third-order valence-electron chi connectivity index (χ3n) is 3.62. The van der Waals surface area contributed by atoms with Crippen molar-refractivity contribution in [2.75, 3.05) is 13.6 Å². The Labute approximate surface area is 109 Å². The summed E-state index contributed by atoms with van der Waals surface area (Å²) in [4.78, 5) is 14.6. The Kier molecular flexibility index (Phi) is 5.33. The van der Waals surface area contributed by atoms with Gasteiger partial charge in [0, 0.05) is 18.6 Å². The van der Waals surface area contributed by atoms with Crippen molar-refractivity contribution in [2.45, 2.75) is 45.2 Å². The number of amides is 1. The Morgan fingerprint density at radius 2 is 2.29 bits per heavy atom. The average molecular weight is 257 g/mol. The van der Waals surface area contributed by atoms with Crippen LogP contribution in [-0.4, -0.2) is 41.5 Å². The predicted octanol–water partition coefficient (Wildman–Crippen LogP) is 0.898. The van der Waals surface area contributed by atoms with Gasteiger partial charge in [-0.05, 0) is 33.2 Å². The number of thiocarbonyl (C=S) groups is 1. The summed E-state index contributed by atoms with van der Waals surface area (Å²) in [6, 6.07) is 0.774. The average Bonchev–Trinajstić information content (AvgIpc) is 2.24. The zero-order chi connectivity index (χ0) is 13.0. The smallest absolute Gasteiger partial charge is 0.230 e. The van der Waals surface area contributed by atoms with Crippen LogP contribution in [-0.2, 0) is 4.79 Å². The Morgan fingerprint density at radius 3 is 2.76 bits per heavy atom. The summed E-state index contributed by atoms with van der Waals surface area (Å²) in [6.45, 7) is 5.14. The molecular formula is C12H23N3OS. The highest BCUT2D eigenvalue weighted by Gasteiger charge is 2.27. The molecule has 1 heterocycles. The zero-order valence-corrected chi connectivity index (χ0v) is 11.7. The van der Waals surface area contributed by atoms with Gasteiger partial charge < -0.3 is 16.0 Å². The summed E-state index contributed by atoms with van der Waals surface area (Å²) in [6.07, 6.45) is 2.67. The number of carbonyl (C=O) groups excluding carboxylic acids is 1. The van der Waals surface area contributed by atoms with Gasteiger partial charge in [-0.15, -0.1) is 0 Å². The molecule has 0 aliphatic carbocycles. The van der Waals surface area contributed by atoms with E-state index in [0.717, 1.165) is 19.4 Å². The van der Waals surface area contributed by atoms with Crippen LogP contribution >= 0.6 is 12.2 Å². The fourth-order valence-corrected chi connectivity index (χ4v) is 2.51. The summed E-state index contributed by atoms with van der Waals surface area (Å²) in [7, 11) is 2.12. The van der Waals surface area contributed by atoms with E-state index in [4.69, 9.17) is 18.0 Å². The largest absolute Gasteiger partial charge is 0.393 e. The van der Waals surface area contributed by atoms with Crippen LogP contribution in [0.2, 0.25) is 0 Å². The Bertz CT molecular complexity index is 295. The van der Waals surface area contributed by atoms with E-state index < -0.39 is 0 Å². The van der Waals surface area contributed by atoms with Gasteiger partial charge in [0.1, 0.15) is 0 Å². The fourth-order valence-electron chi connectivity index (χ4n) is 2.24. The molecule has 1 saturated heterocycles. The maximum atomic E-state index is 12.0. The summed E-state index contributed by atoms with van der Waals surface area (Å²) in [5.41, 5.74) is 5.56. The number of rotatable bonds is 4. The molecule has 0 aromatic carbocycles. The highest BCUT2D eigenvalue weighted by atomic mass is 32.1. The Hall–Kier alpha value is -0.680. The normalized spacial score (nSPS) is 27.5. The van der Waals surface area contributed by atoms with Crippen molar-refractivity contribution in [1.29, 1.82) is 0 Å². The molecule has 0 saturated carbocycles. The SMILES string of the molecule is CCC(C(=O)NC1CCN(C)C(C)C1)C(N)=S. The molecular weight excluding hydrogens is 234 g/mol. The minimum Gasteiger partial charge on any atom is -0.393 e. The molecule has 4 nitrogen and oxygen atoms in total. The second-order valence-corrected chi connectivity index (χ2v) is 5.39. The second-order valence-electron chi connectivity index (χ2n) is 4.92. The molecule has 0 radical (unpaired) electrons. The van der Waals surface area contributed by atoms with Crippen LogP contribution in [0.1, 0.15) is 33.1 Å². The van der Waals surface area contributed by atoms with Crippen LogP contribution in [0.15, 0.2) is 0 Å². The van der Waals surface area contributed by atoms with Crippen molar-refractivity contribution in [2.24, 2.45) is 11.7 Å². The van der Waals surface area contributed by atoms with Gasteiger partial charge in [-0.25, -0.2) is 0 Å². The number of piperidine rings is 1. The number of carbonyl (C=O) groups is 1. The minimum absolute atomic E-state index is 0.0123. The number of hydrogen-bond acceptors (Lipinski definition) is 3. The minimum atomic E-state index is -0.319. The zero-order valence-electron chi connectivity index (χ0n) is 10.9. The van der Waals surface area contributed by atoms with Crippen LogP contribution in [0.3, 0.4) is 0 Å². The quantitative estimate of drug-likeness (QED) is 0.735. The van der Waals surface area contributed by atoms with E-state index in [1.807, 2.05) is 6.92 Å². The monoisotopic (exact) mass is 257 g/mol. The molecule has 1 amide bonds. The van der Waals surface area contributed by atoms with Crippen molar-refractivity contribution in [3.63, 3.8) is 0 Å². The van der Waals surface area contributed by atoms with E-state index in [1.54, 1.807) is 0 Å². The topological polar surface area (TPSA) is 58.4 Å². The molecule has 0 aromatic rings. The number of nitrogens with one attached hydrogen (secondary N) is 1. The highest BCUT2D eigenvalue weighted by molar-refractivity contribution is 7.80. The molecule has 1 fully saturated rings. The van der Waals surface area contributed by atoms with Crippen LogP contribution in [0.5, 0.6) is 0 Å². The summed E-state index contributed by atoms with van der Waals surface area (Å²) >= 11 is 4.91. The molecule has 1 aliphatic heterocycles. The summed E-state index contributed by atoms with van der Waals surface area (Å²) in [5.74, 6) is -0.332. The van der Waals surface area contributed by atoms with E-state index in [0.29, 0.717) is 17.5 Å². The first-order valence-electron chi connectivity index (χ1n) is 6.25. The molecule has 3 N–H and O–H groups in total. The van der Waals surface area contributed by atoms with Crippen LogP contribution < -0.4 is 11.1 Å². The number of nitrogens with two attached hydrogens (primary N) is 1. The van der Waals surface area contributed by atoms with Crippen molar-refractivity contribution in [3.8, 4) is 0 Å². The van der Waals surface area contributed by atoms with Gasteiger partial charge in [0.2, 0.25) is 5.91 Å². The first kappa shape index (κ1) is 14.4. The second kappa shape index (κ2) is 6.31. The van der Waals surface area contributed by atoms with E-state index in [-0.39, 0.29) is 17.9 Å². The van der Waals surface area contributed by atoms with Gasteiger partial charge in [0.05, 0.1) is 10.9 Å². The Morgan fingerprint density at radius 1 is 1.65 bits per heavy atom. The van der Waals surface area contributed by atoms with Crippen molar-refractivity contribution in [3.05, 3.63) is 0 Å². The predicted molar refractivity (Wildman–Crippen MR) is 73.8 cm³/mol. The van der Waals surface area contributed by atoms with Crippen molar-refractivity contribution in [1.82, 2.24) is 10.2 Å². The number of likely N-dealkylation sites (tertiary alicyclic amines) is 1. The molecule has 0 spiro atoms.